The number of aliphatic hydroxyl groups is 1. The first-order valence-corrected chi connectivity index (χ1v) is 6.95. The molecule has 6 heteroatoms. The Hall–Kier alpha value is -1.14. The molecule has 1 heterocycles. The van der Waals surface area contributed by atoms with Gasteiger partial charge in [-0.3, -0.25) is 4.79 Å². The van der Waals surface area contributed by atoms with Gasteiger partial charge >= 0.3 is 0 Å². The van der Waals surface area contributed by atoms with Crippen molar-refractivity contribution in [3.8, 4) is 0 Å². The van der Waals surface area contributed by atoms with E-state index in [4.69, 9.17) is 4.74 Å². The fourth-order valence-electron chi connectivity index (χ4n) is 2.50. The number of methoxy groups -OCH3 is 1. The van der Waals surface area contributed by atoms with Crippen LogP contribution in [-0.4, -0.2) is 43.4 Å². The number of aliphatic hydroxyl groups excluding tert-OH is 1. The lowest BCUT2D eigenvalue weighted by molar-refractivity contribution is -0.147. The van der Waals surface area contributed by atoms with Gasteiger partial charge < -0.3 is 20.5 Å². The second-order valence-electron chi connectivity index (χ2n) is 5.08. The molecule has 0 radical (unpaired) electrons. The molecule has 1 atom stereocenters. The number of amides is 1. The van der Waals surface area contributed by atoms with E-state index in [1.165, 1.54) is 0 Å². The average molecular weight is 315 g/mol. The summed E-state index contributed by atoms with van der Waals surface area (Å²) in [5.74, 6) is -0.142. The van der Waals surface area contributed by atoms with Crippen LogP contribution in [0.15, 0.2) is 30.3 Å². The highest BCUT2D eigenvalue weighted by Crippen LogP contribution is 2.23. The third kappa shape index (κ3) is 4.41. The highest BCUT2D eigenvalue weighted by Gasteiger charge is 2.39. The summed E-state index contributed by atoms with van der Waals surface area (Å²) in [5.41, 5.74) is 0.0337. The van der Waals surface area contributed by atoms with E-state index >= 15 is 0 Å². The number of benzene rings is 1. The molecule has 21 heavy (non-hydrogen) atoms. The molecule has 0 aliphatic carbocycles. The molecule has 1 aromatic rings. The maximum atomic E-state index is 12.3. The summed E-state index contributed by atoms with van der Waals surface area (Å²) >= 11 is 0. The fraction of sp³-hybridized carbons (Fsp3) is 0.533. The van der Waals surface area contributed by atoms with Crippen molar-refractivity contribution in [3.63, 3.8) is 0 Å². The summed E-state index contributed by atoms with van der Waals surface area (Å²) in [6.45, 7) is 1.73. The number of hydrogen-bond donors (Lipinski definition) is 3. The van der Waals surface area contributed by atoms with E-state index in [-0.39, 0.29) is 24.9 Å². The van der Waals surface area contributed by atoms with E-state index < -0.39 is 11.7 Å². The van der Waals surface area contributed by atoms with Crippen LogP contribution in [0.1, 0.15) is 24.5 Å². The molecule has 0 saturated carbocycles. The highest BCUT2D eigenvalue weighted by molar-refractivity contribution is 5.85. The minimum absolute atomic E-state index is 0. The topological polar surface area (TPSA) is 70.6 Å². The van der Waals surface area contributed by atoms with E-state index in [2.05, 4.69) is 10.6 Å². The number of carbonyl (C=O) groups is 1. The van der Waals surface area contributed by atoms with Crippen molar-refractivity contribution in [1.82, 2.24) is 10.6 Å². The summed E-state index contributed by atoms with van der Waals surface area (Å²) < 4.78 is 5.44. The second-order valence-corrected chi connectivity index (χ2v) is 5.08. The molecule has 0 aromatic heterocycles. The molecule has 1 aromatic carbocycles. The molecular formula is C15H23ClN2O3. The maximum Gasteiger partial charge on any atom is 0.252 e. The molecule has 0 bridgehead atoms. The van der Waals surface area contributed by atoms with E-state index in [0.717, 1.165) is 18.7 Å². The average Bonchev–Trinajstić information content (AvgIpc) is 2.53. The summed E-state index contributed by atoms with van der Waals surface area (Å²) in [4.78, 5) is 12.3. The van der Waals surface area contributed by atoms with Crippen LogP contribution in [0.3, 0.4) is 0 Å². The van der Waals surface area contributed by atoms with Crippen LogP contribution in [-0.2, 0) is 9.53 Å². The van der Waals surface area contributed by atoms with Crippen molar-refractivity contribution in [2.45, 2.75) is 24.5 Å². The van der Waals surface area contributed by atoms with Crippen LogP contribution in [0.4, 0.5) is 0 Å². The minimum atomic E-state index is -0.762. The highest BCUT2D eigenvalue weighted by atomic mass is 35.5. The predicted molar refractivity (Wildman–Crippen MR) is 83.5 cm³/mol. The predicted octanol–water partition coefficient (Wildman–Crippen LogP) is 1.03. The van der Waals surface area contributed by atoms with Gasteiger partial charge in [0, 0.05) is 13.7 Å². The van der Waals surface area contributed by atoms with Gasteiger partial charge in [-0.1, -0.05) is 30.3 Å². The third-order valence-electron chi connectivity index (χ3n) is 3.86. The fourth-order valence-corrected chi connectivity index (χ4v) is 2.50. The Morgan fingerprint density at radius 1 is 1.38 bits per heavy atom. The summed E-state index contributed by atoms with van der Waals surface area (Å²) in [6, 6.07) is 9.30. The van der Waals surface area contributed by atoms with Gasteiger partial charge in [0.15, 0.2) is 0 Å². The first-order valence-electron chi connectivity index (χ1n) is 6.95. The lowest BCUT2D eigenvalue weighted by atomic mass is 9.91. The number of hydrogen-bond acceptors (Lipinski definition) is 4. The van der Waals surface area contributed by atoms with Crippen LogP contribution < -0.4 is 10.6 Å². The molecule has 0 spiro atoms. The molecule has 1 fully saturated rings. The lowest BCUT2D eigenvalue weighted by Gasteiger charge is -2.35. The van der Waals surface area contributed by atoms with Gasteiger partial charge in [-0.25, -0.2) is 0 Å². The van der Waals surface area contributed by atoms with E-state index in [0.29, 0.717) is 12.8 Å². The number of ether oxygens (including phenoxy) is 1. The smallest absolute Gasteiger partial charge is 0.252 e. The first-order chi connectivity index (χ1) is 9.68. The number of piperidine rings is 1. The molecule has 1 unspecified atom stereocenters. The summed E-state index contributed by atoms with van der Waals surface area (Å²) in [6.07, 6.45) is 0.601. The van der Waals surface area contributed by atoms with E-state index in [9.17, 15) is 9.90 Å². The van der Waals surface area contributed by atoms with Crippen LogP contribution >= 0.6 is 12.4 Å². The van der Waals surface area contributed by atoms with Gasteiger partial charge in [0.2, 0.25) is 0 Å². The van der Waals surface area contributed by atoms with Gasteiger partial charge in [-0.15, -0.1) is 12.4 Å². The normalized spacial score (nSPS) is 18.4. The van der Waals surface area contributed by atoms with Crippen molar-refractivity contribution in [2.75, 3.05) is 26.7 Å². The standard InChI is InChI=1S/C15H22N2O3.ClH/c1-20-15(7-9-16-10-8-15)14(19)17-11-13(18)12-5-3-2-4-6-12;/h2-6,13,16,18H,7-11H2,1H3,(H,17,19);1H. The molecule has 118 valence electrons. The van der Waals surface area contributed by atoms with Crippen molar-refractivity contribution >= 4 is 18.3 Å². The Balaban J connectivity index is 0.00000220. The number of halogens is 1. The zero-order valence-corrected chi connectivity index (χ0v) is 13.0. The Bertz CT molecular complexity index is 436. The molecule has 3 N–H and O–H groups in total. The monoisotopic (exact) mass is 314 g/mol. The first kappa shape index (κ1) is 17.9. The van der Waals surface area contributed by atoms with Crippen molar-refractivity contribution in [1.29, 1.82) is 0 Å². The minimum Gasteiger partial charge on any atom is -0.387 e. The van der Waals surface area contributed by atoms with Crippen LogP contribution in [0, 0.1) is 0 Å². The number of carbonyl (C=O) groups excluding carboxylic acids is 1. The number of rotatable bonds is 5. The van der Waals surface area contributed by atoms with Gasteiger partial charge in [0.25, 0.3) is 5.91 Å². The number of nitrogens with one attached hydrogen (secondary N) is 2. The molecule has 1 amide bonds. The molecule has 1 saturated heterocycles. The quantitative estimate of drug-likeness (QED) is 0.759. The van der Waals surface area contributed by atoms with Crippen molar-refractivity contribution in [3.05, 3.63) is 35.9 Å². The Morgan fingerprint density at radius 3 is 2.57 bits per heavy atom. The van der Waals surface area contributed by atoms with Crippen molar-refractivity contribution in [2.24, 2.45) is 0 Å². The van der Waals surface area contributed by atoms with Crippen LogP contribution in [0.2, 0.25) is 0 Å². The SMILES string of the molecule is COC1(C(=O)NCC(O)c2ccccc2)CCNCC1.Cl. The summed E-state index contributed by atoms with van der Waals surface area (Å²) in [5, 5.41) is 16.1. The lowest BCUT2D eigenvalue weighted by Crippen LogP contribution is -2.54. The molecule has 2 rings (SSSR count). The van der Waals surface area contributed by atoms with Gasteiger partial charge in [-0.2, -0.15) is 0 Å². The molecular weight excluding hydrogens is 292 g/mol. The zero-order chi connectivity index (χ0) is 14.4. The van der Waals surface area contributed by atoms with Crippen LogP contribution in [0.25, 0.3) is 0 Å². The maximum absolute atomic E-state index is 12.3. The molecule has 5 nitrogen and oxygen atoms in total. The van der Waals surface area contributed by atoms with Gasteiger partial charge in [0.1, 0.15) is 5.60 Å². The Labute approximate surface area is 131 Å². The second kappa shape index (κ2) is 8.34. The van der Waals surface area contributed by atoms with Gasteiger partial charge in [-0.05, 0) is 31.5 Å². The van der Waals surface area contributed by atoms with Gasteiger partial charge in [0.05, 0.1) is 6.10 Å². The van der Waals surface area contributed by atoms with E-state index in [1.807, 2.05) is 30.3 Å². The third-order valence-corrected chi connectivity index (χ3v) is 3.86. The largest absolute Gasteiger partial charge is 0.387 e. The molecule has 1 aliphatic rings. The summed E-state index contributed by atoms with van der Waals surface area (Å²) in [7, 11) is 1.57. The Kier molecular flexibility index (Phi) is 7.11. The van der Waals surface area contributed by atoms with Crippen molar-refractivity contribution < 1.29 is 14.6 Å². The van der Waals surface area contributed by atoms with E-state index in [1.54, 1.807) is 7.11 Å². The van der Waals surface area contributed by atoms with Crippen LogP contribution in [0.5, 0.6) is 0 Å². The Morgan fingerprint density at radius 2 is 2.00 bits per heavy atom. The zero-order valence-electron chi connectivity index (χ0n) is 12.2. The molecule has 1 aliphatic heterocycles.